The van der Waals surface area contributed by atoms with Gasteiger partial charge in [-0.2, -0.15) is 5.10 Å². The quantitative estimate of drug-likeness (QED) is 0.589. The van der Waals surface area contributed by atoms with Crippen LogP contribution in [0.25, 0.3) is 0 Å². The van der Waals surface area contributed by atoms with Crippen molar-refractivity contribution in [2.75, 3.05) is 12.4 Å². The van der Waals surface area contributed by atoms with Gasteiger partial charge in [0.2, 0.25) is 5.91 Å². The molecule has 2 N–H and O–H groups in total. The predicted octanol–water partition coefficient (Wildman–Crippen LogP) is 3.65. The standard InChI is InChI=1S/C27H36N4O4/c1-17(2)27(26(34)35-4)15-19-10-11-21(14-20(19)16-27)29-25(33)23(18-8-6-5-7-9-18)30-24(32)22-12-13-28-31(22)3/h10-14,17-18,23H,5-9,15-16H2,1-4H3,(H,29,33)(H,30,32)/t23-,27?/m0/s1. The smallest absolute Gasteiger partial charge is 0.312 e. The van der Waals surface area contributed by atoms with Gasteiger partial charge in [0.25, 0.3) is 5.91 Å². The number of amides is 2. The molecule has 188 valence electrons. The van der Waals surface area contributed by atoms with Gasteiger partial charge < -0.3 is 15.4 Å². The number of nitrogens with one attached hydrogen (secondary N) is 2. The number of hydrogen-bond donors (Lipinski definition) is 2. The Hall–Kier alpha value is -3.16. The molecule has 2 aliphatic rings. The number of carbonyl (C=O) groups excluding carboxylic acids is 3. The number of fused-ring (bicyclic) bond motifs is 1. The van der Waals surface area contributed by atoms with E-state index in [0.29, 0.717) is 24.2 Å². The van der Waals surface area contributed by atoms with E-state index < -0.39 is 11.5 Å². The Bertz CT molecular complexity index is 1100. The number of aryl methyl sites for hydroxylation is 1. The Kier molecular flexibility index (Phi) is 7.28. The molecule has 8 heteroatoms. The summed E-state index contributed by atoms with van der Waals surface area (Å²) in [5.41, 5.74) is 2.67. The molecule has 1 heterocycles. The van der Waals surface area contributed by atoms with Crippen LogP contribution in [-0.4, -0.2) is 40.7 Å². The first-order chi connectivity index (χ1) is 16.7. The maximum atomic E-state index is 13.5. The van der Waals surface area contributed by atoms with Gasteiger partial charge in [0.1, 0.15) is 11.7 Å². The summed E-state index contributed by atoms with van der Waals surface area (Å²) in [5.74, 6) is -0.496. The number of aromatic nitrogens is 2. The fourth-order valence-corrected chi connectivity index (χ4v) is 5.67. The molecule has 0 bridgehead atoms. The van der Waals surface area contributed by atoms with Crippen LogP contribution >= 0.6 is 0 Å². The number of benzene rings is 1. The molecule has 8 nitrogen and oxygen atoms in total. The molecule has 2 amide bonds. The molecular weight excluding hydrogens is 444 g/mol. The Balaban J connectivity index is 1.53. The van der Waals surface area contributed by atoms with Crippen LogP contribution in [0.2, 0.25) is 0 Å². The summed E-state index contributed by atoms with van der Waals surface area (Å²) >= 11 is 0. The lowest BCUT2D eigenvalue weighted by Gasteiger charge is -2.30. The number of ether oxygens (including phenoxy) is 1. The van der Waals surface area contributed by atoms with Crippen LogP contribution in [0.1, 0.15) is 67.6 Å². The second-order valence-corrected chi connectivity index (χ2v) is 10.3. The largest absolute Gasteiger partial charge is 0.469 e. The number of nitrogens with zero attached hydrogens (tertiary/aromatic N) is 2. The van der Waals surface area contributed by atoms with E-state index in [2.05, 4.69) is 15.7 Å². The van der Waals surface area contributed by atoms with Crippen LogP contribution in [0.15, 0.2) is 30.5 Å². The van der Waals surface area contributed by atoms with Crippen molar-refractivity contribution in [2.24, 2.45) is 24.3 Å². The first-order valence-corrected chi connectivity index (χ1v) is 12.5. The lowest BCUT2D eigenvalue weighted by atomic mass is 9.74. The SMILES string of the molecule is COC(=O)C1(C(C)C)Cc2ccc(NC(=O)[C@@H](NC(=O)c3ccnn3C)C3CCCCC3)cc2C1. The third kappa shape index (κ3) is 4.97. The van der Waals surface area contributed by atoms with Crippen molar-refractivity contribution >= 4 is 23.5 Å². The molecule has 0 spiro atoms. The van der Waals surface area contributed by atoms with Crippen molar-refractivity contribution in [3.63, 3.8) is 0 Å². The van der Waals surface area contributed by atoms with Crippen molar-refractivity contribution in [3.05, 3.63) is 47.3 Å². The Morgan fingerprint density at radius 1 is 1.09 bits per heavy atom. The first-order valence-electron chi connectivity index (χ1n) is 12.5. The van der Waals surface area contributed by atoms with Gasteiger partial charge in [-0.05, 0) is 66.8 Å². The van der Waals surface area contributed by atoms with Crippen molar-refractivity contribution in [2.45, 2.75) is 64.8 Å². The number of methoxy groups -OCH3 is 1. The van der Waals surface area contributed by atoms with E-state index in [9.17, 15) is 14.4 Å². The van der Waals surface area contributed by atoms with E-state index in [1.165, 1.54) is 11.8 Å². The van der Waals surface area contributed by atoms with E-state index in [1.54, 1.807) is 19.3 Å². The second kappa shape index (κ2) is 10.2. The molecule has 0 radical (unpaired) electrons. The number of carbonyl (C=O) groups is 3. The van der Waals surface area contributed by atoms with Gasteiger partial charge in [-0.1, -0.05) is 39.2 Å². The Labute approximate surface area is 206 Å². The third-order valence-corrected chi connectivity index (χ3v) is 7.93. The third-order valence-electron chi connectivity index (χ3n) is 7.93. The number of anilines is 1. The summed E-state index contributed by atoms with van der Waals surface area (Å²) in [4.78, 5) is 39.1. The minimum Gasteiger partial charge on any atom is -0.469 e. The normalized spacial score (nSPS) is 20.8. The molecule has 4 rings (SSSR count). The van der Waals surface area contributed by atoms with E-state index in [0.717, 1.165) is 43.2 Å². The lowest BCUT2D eigenvalue weighted by molar-refractivity contribution is -0.155. The summed E-state index contributed by atoms with van der Waals surface area (Å²) in [5, 5.41) is 10.1. The van der Waals surface area contributed by atoms with E-state index in [-0.39, 0.29) is 29.6 Å². The zero-order chi connectivity index (χ0) is 25.2. The zero-order valence-electron chi connectivity index (χ0n) is 21.1. The molecule has 2 aromatic rings. The highest BCUT2D eigenvalue weighted by Crippen LogP contribution is 2.44. The molecule has 1 saturated carbocycles. The highest BCUT2D eigenvalue weighted by molar-refractivity contribution is 6.00. The molecule has 1 unspecified atom stereocenters. The summed E-state index contributed by atoms with van der Waals surface area (Å²) < 4.78 is 6.65. The Morgan fingerprint density at radius 2 is 1.80 bits per heavy atom. The number of hydrogen-bond acceptors (Lipinski definition) is 5. The number of esters is 1. The summed E-state index contributed by atoms with van der Waals surface area (Å²) in [6.07, 6.45) is 7.86. The van der Waals surface area contributed by atoms with E-state index in [4.69, 9.17) is 4.74 Å². The minimum atomic E-state index is -0.629. The molecule has 35 heavy (non-hydrogen) atoms. The molecule has 2 aliphatic carbocycles. The van der Waals surface area contributed by atoms with Gasteiger partial charge in [-0.3, -0.25) is 19.1 Å². The second-order valence-electron chi connectivity index (χ2n) is 10.3. The fourth-order valence-electron chi connectivity index (χ4n) is 5.67. The molecular formula is C27H36N4O4. The molecule has 2 atom stereocenters. The highest BCUT2D eigenvalue weighted by atomic mass is 16.5. The fraction of sp³-hybridized carbons (Fsp3) is 0.556. The van der Waals surface area contributed by atoms with Gasteiger partial charge in [-0.25, -0.2) is 0 Å². The van der Waals surface area contributed by atoms with Gasteiger partial charge in [-0.15, -0.1) is 0 Å². The topological polar surface area (TPSA) is 102 Å². The maximum absolute atomic E-state index is 13.5. The predicted molar refractivity (Wildman–Crippen MR) is 133 cm³/mol. The van der Waals surface area contributed by atoms with Crippen LogP contribution in [0, 0.1) is 17.3 Å². The van der Waals surface area contributed by atoms with Crippen LogP contribution in [0.5, 0.6) is 0 Å². The maximum Gasteiger partial charge on any atom is 0.312 e. The van der Waals surface area contributed by atoms with Crippen LogP contribution in [0.4, 0.5) is 5.69 Å². The van der Waals surface area contributed by atoms with Gasteiger partial charge >= 0.3 is 5.97 Å². The molecule has 1 aromatic heterocycles. The molecule has 0 saturated heterocycles. The zero-order valence-corrected chi connectivity index (χ0v) is 21.1. The average molecular weight is 481 g/mol. The van der Waals surface area contributed by atoms with E-state index >= 15 is 0 Å². The van der Waals surface area contributed by atoms with Gasteiger partial charge in [0, 0.05) is 18.9 Å². The summed E-state index contributed by atoms with van der Waals surface area (Å²) in [7, 11) is 3.15. The number of rotatable bonds is 7. The summed E-state index contributed by atoms with van der Waals surface area (Å²) in [6.45, 7) is 4.09. The Morgan fingerprint density at radius 3 is 2.43 bits per heavy atom. The van der Waals surface area contributed by atoms with Crippen LogP contribution in [-0.2, 0) is 34.2 Å². The van der Waals surface area contributed by atoms with Crippen LogP contribution < -0.4 is 10.6 Å². The molecule has 1 aromatic carbocycles. The van der Waals surface area contributed by atoms with Crippen LogP contribution in [0.3, 0.4) is 0 Å². The minimum absolute atomic E-state index is 0.0864. The van der Waals surface area contributed by atoms with Crippen molar-refractivity contribution < 1.29 is 19.1 Å². The van der Waals surface area contributed by atoms with E-state index in [1.807, 2.05) is 32.0 Å². The first kappa shape index (κ1) is 24.9. The summed E-state index contributed by atoms with van der Waals surface area (Å²) in [6, 6.07) is 6.85. The molecule has 1 fully saturated rings. The van der Waals surface area contributed by atoms with Crippen molar-refractivity contribution in [1.82, 2.24) is 15.1 Å². The highest BCUT2D eigenvalue weighted by Gasteiger charge is 2.47. The molecule has 0 aliphatic heterocycles. The average Bonchev–Trinajstić information content (AvgIpc) is 3.46. The van der Waals surface area contributed by atoms with Crippen molar-refractivity contribution in [3.8, 4) is 0 Å². The monoisotopic (exact) mass is 480 g/mol. The lowest BCUT2D eigenvalue weighted by Crippen LogP contribution is -2.49. The van der Waals surface area contributed by atoms with Crippen molar-refractivity contribution in [1.29, 1.82) is 0 Å². The van der Waals surface area contributed by atoms with Gasteiger partial charge in [0.15, 0.2) is 0 Å². The van der Waals surface area contributed by atoms with Gasteiger partial charge in [0.05, 0.1) is 12.5 Å².